The maximum absolute atomic E-state index is 12.5. The maximum atomic E-state index is 12.5. The van der Waals surface area contributed by atoms with Gasteiger partial charge in [0.05, 0.1) is 19.0 Å². The van der Waals surface area contributed by atoms with Crippen LogP contribution in [0.25, 0.3) is 0 Å². The third-order valence-electron chi connectivity index (χ3n) is 4.56. The molecule has 2 aromatic rings. The molecule has 0 atom stereocenters. The minimum atomic E-state index is -3.37. The summed E-state index contributed by atoms with van der Waals surface area (Å²) in [4.78, 5) is 12.4. The first-order chi connectivity index (χ1) is 12.8. The van der Waals surface area contributed by atoms with Gasteiger partial charge in [-0.25, -0.2) is 8.42 Å². The lowest BCUT2D eigenvalue weighted by molar-refractivity contribution is 0.0729. The number of nitrogens with zero attached hydrogens (tertiary/aromatic N) is 1. The predicted molar refractivity (Wildman–Crippen MR) is 105 cm³/mol. The van der Waals surface area contributed by atoms with Gasteiger partial charge in [0.2, 0.25) is 10.0 Å². The molecule has 2 aromatic carbocycles. The Kier molecular flexibility index (Phi) is 5.94. The van der Waals surface area contributed by atoms with E-state index in [2.05, 4.69) is 5.32 Å². The number of hydrogen-bond acceptors (Lipinski definition) is 4. The molecule has 1 N–H and O–H groups in total. The number of morpholine rings is 1. The predicted octanol–water partition coefficient (Wildman–Crippen LogP) is 2.72. The van der Waals surface area contributed by atoms with Crippen molar-refractivity contribution >= 4 is 21.6 Å². The second-order valence-electron chi connectivity index (χ2n) is 6.74. The molecule has 6 nitrogen and oxygen atoms in total. The Morgan fingerprint density at radius 1 is 1.07 bits per heavy atom. The molecule has 1 heterocycles. The summed E-state index contributed by atoms with van der Waals surface area (Å²) >= 11 is 0. The van der Waals surface area contributed by atoms with Gasteiger partial charge >= 0.3 is 0 Å². The molecule has 1 saturated heterocycles. The molecular weight excluding hydrogens is 364 g/mol. The van der Waals surface area contributed by atoms with Crippen LogP contribution in [-0.4, -0.2) is 44.9 Å². The molecule has 0 radical (unpaired) electrons. The average molecular weight is 388 g/mol. The number of carbonyl (C=O) groups is 1. The van der Waals surface area contributed by atoms with Gasteiger partial charge in [-0.15, -0.1) is 0 Å². The third kappa shape index (κ3) is 4.94. The van der Waals surface area contributed by atoms with Crippen molar-refractivity contribution in [2.75, 3.05) is 31.6 Å². The van der Waals surface area contributed by atoms with E-state index in [1.165, 1.54) is 4.31 Å². The molecule has 1 amide bonds. The SMILES string of the molecule is Cc1ccc(NC(=O)c2ccc(CS(=O)(=O)N3CCOCC3)cc2)c(C)c1. The van der Waals surface area contributed by atoms with Crippen molar-refractivity contribution in [2.45, 2.75) is 19.6 Å². The molecule has 7 heteroatoms. The van der Waals surface area contributed by atoms with Gasteiger partial charge in [0, 0.05) is 24.3 Å². The van der Waals surface area contributed by atoms with Crippen LogP contribution in [0.15, 0.2) is 42.5 Å². The molecule has 0 aliphatic carbocycles. The van der Waals surface area contributed by atoms with Gasteiger partial charge in [-0.2, -0.15) is 4.31 Å². The van der Waals surface area contributed by atoms with Gasteiger partial charge in [-0.05, 0) is 43.2 Å². The summed E-state index contributed by atoms with van der Waals surface area (Å²) in [6.45, 7) is 5.58. The maximum Gasteiger partial charge on any atom is 0.255 e. The Balaban J connectivity index is 1.66. The average Bonchev–Trinajstić information content (AvgIpc) is 2.65. The zero-order valence-electron chi connectivity index (χ0n) is 15.6. The van der Waals surface area contributed by atoms with Gasteiger partial charge in [-0.1, -0.05) is 29.8 Å². The highest BCUT2D eigenvalue weighted by atomic mass is 32.2. The number of hydrogen-bond donors (Lipinski definition) is 1. The summed E-state index contributed by atoms with van der Waals surface area (Å²) in [6, 6.07) is 12.5. The minimum absolute atomic E-state index is 0.0774. The zero-order valence-corrected chi connectivity index (χ0v) is 16.4. The number of benzene rings is 2. The van der Waals surface area contributed by atoms with E-state index in [9.17, 15) is 13.2 Å². The fourth-order valence-electron chi connectivity index (χ4n) is 3.03. The van der Waals surface area contributed by atoms with Gasteiger partial charge < -0.3 is 10.1 Å². The van der Waals surface area contributed by atoms with Crippen LogP contribution >= 0.6 is 0 Å². The van der Waals surface area contributed by atoms with Crippen molar-refractivity contribution in [3.05, 3.63) is 64.7 Å². The number of amides is 1. The summed E-state index contributed by atoms with van der Waals surface area (Å²) in [6.07, 6.45) is 0. The summed E-state index contributed by atoms with van der Waals surface area (Å²) in [5.41, 5.74) is 4.05. The van der Waals surface area contributed by atoms with E-state index in [0.29, 0.717) is 37.4 Å². The highest BCUT2D eigenvalue weighted by Crippen LogP contribution is 2.18. The lowest BCUT2D eigenvalue weighted by atomic mass is 10.1. The lowest BCUT2D eigenvalue weighted by Gasteiger charge is -2.26. The van der Waals surface area contributed by atoms with Crippen molar-refractivity contribution in [1.29, 1.82) is 0 Å². The molecule has 0 unspecified atom stereocenters. The van der Waals surface area contributed by atoms with Crippen LogP contribution in [0.2, 0.25) is 0 Å². The Hall–Kier alpha value is -2.22. The van der Waals surface area contributed by atoms with Crippen LogP contribution in [-0.2, 0) is 20.5 Å². The second-order valence-corrected chi connectivity index (χ2v) is 8.71. The van der Waals surface area contributed by atoms with Gasteiger partial charge in [0.25, 0.3) is 5.91 Å². The van der Waals surface area contributed by atoms with E-state index < -0.39 is 10.0 Å². The summed E-state index contributed by atoms with van der Waals surface area (Å²) < 4.78 is 31.6. The Labute approximate surface area is 160 Å². The molecule has 1 aliphatic rings. The minimum Gasteiger partial charge on any atom is -0.379 e. The van der Waals surface area contributed by atoms with E-state index in [0.717, 1.165) is 16.8 Å². The quantitative estimate of drug-likeness (QED) is 0.855. The summed E-state index contributed by atoms with van der Waals surface area (Å²) in [5, 5.41) is 2.89. The summed E-state index contributed by atoms with van der Waals surface area (Å²) in [7, 11) is -3.37. The number of anilines is 1. The first-order valence-corrected chi connectivity index (χ1v) is 10.5. The number of aryl methyl sites for hydroxylation is 2. The summed E-state index contributed by atoms with van der Waals surface area (Å²) in [5.74, 6) is -0.295. The monoisotopic (exact) mass is 388 g/mol. The zero-order chi connectivity index (χ0) is 19.4. The highest BCUT2D eigenvalue weighted by molar-refractivity contribution is 7.88. The van der Waals surface area contributed by atoms with Crippen molar-refractivity contribution in [2.24, 2.45) is 0 Å². The van der Waals surface area contributed by atoms with E-state index in [1.807, 2.05) is 32.0 Å². The number of ether oxygens (including phenoxy) is 1. The van der Waals surface area contributed by atoms with Crippen molar-refractivity contribution in [3.8, 4) is 0 Å². The van der Waals surface area contributed by atoms with Crippen molar-refractivity contribution in [3.63, 3.8) is 0 Å². The van der Waals surface area contributed by atoms with Crippen LogP contribution in [0.4, 0.5) is 5.69 Å². The van der Waals surface area contributed by atoms with Crippen molar-refractivity contribution < 1.29 is 17.9 Å². The molecule has 0 bridgehead atoms. The van der Waals surface area contributed by atoms with E-state index >= 15 is 0 Å². The van der Waals surface area contributed by atoms with Crippen LogP contribution in [0.5, 0.6) is 0 Å². The topological polar surface area (TPSA) is 75.7 Å². The molecule has 1 aliphatic heterocycles. The molecule has 144 valence electrons. The van der Waals surface area contributed by atoms with Crippen molar-refractivity contribution in [1.82, 2.24) is 4.31 Å². The largest absolute Gasteiger partial charge is 0.379 e. The normalized spacial score (nSPS) is 15.5. The molecule has 1 fully saturated rings. The number of carbonyl (C=O) groups excluding carboxylic acids is 1. The van der Waals surface area contributed by atoms with Crippen LogP contribution < -0.4 is 5.32 Å². The lowest BCUT2D eigenvalue weighted by Crippen LogP contribution is -2.41. The fourth-order valence-corrected chi connectivity index (χ4v) is 4.53. The molecule has 3 rings (SSSR count). The molecule has 0 aromatic heterocycles. The van der Waals surface area contributed by atoms with Gasteiger partial charge in [0.15, 0.2) is 0 Å². The van der Waals surface area contributed by atoms with E-state index in [4.69, 9.17) is 4.74 Å². The number of rotatable bonds is 5. The van der Waals surface area contributed by atoms with Gasteiger partial charge in [-0.3, -0.25) is 4.79 Å². The van der Waals surface area contributed by atoms with E-state index in [1.54, 1.807) is 24.3 Å². The van der Waals surface area contributed by atoms with Gasteiger partial charge in [0.1, 0.15) is 0 Å². The Morgan fingerprint density at radius 2 is 1.74 bits per heavy atom. The first-order valence-electron chi connectivity index (χ1n) is 8.88. The number of sulfonamides is 1. The smallest absolute Gasteiger partial charge is 0.255 e. The van der Waals surface area contributed by atoms with Crippen LogP contribution in [0.1, 0.15) is 27.0 Å². The number of nitrogens with one attached hydrogen (secondary N) is 1. The standard InChI is InChI=1S/C20H24N2O4S/c1-15-3-8-19(16(2)13-15)21-20(23)18-6-4-17(5-7-18)14-27(24,25)22-9-11-26-12-10-22/h3-8,13H,9-12,14H2,1-2H3,(H,21,23). The third-order valence-corrected chi connectivity index (χ3v) is 6.41. The van der Waals surface area contributed by atoms with Crippen LogP contribution in [0.3, 0.4) is 0 Å². The first kappa shape index (κ1) is 19.5. The Bertz CT molecular complexity index is 917. The molecule has 0 spiro atoms. The highest BCUT2D eigenvalue weighted by Gasteiger charge is 2.24. The molecule has 0 saturated carbocycles. The molecule has 27 heavy (non-hydrogen) atoms. The second kappa shape index (κ2) is 8.21. The van der Waals surface area contributed by atoms with E-state index in [-0.39, 0.29) is 11.7 Å². The fraction of sp³-hybridized carbons (Fsp3) is 0.350. The molecular formula is C20H24N2O4S. The van der Waals surface area contributed by atoms with Crippen LogP contribution in [0, 0.1) is 13.8 Å². The Morgan fingerprint density at radius 3 is 2.37 bits per heavy atom.